The predicted octanol–water partition coefficient (Wildman–Crippen LogP) is 3.85. The van der Waals surface area contributed by atoms with Crippen LogP contribution in [0.3, 0.4) is 0 Å². The summed E-state index contributed by atoms with van der Waals surface area (Å²) >= 11 is 1.83. The Morgan fingerprint density at radius 1 is 1.31 bits per heavy atom. The Kier molecular flexibility index (Phi) is 9.78. The number of hydrogen-bond acceptors (Lipinski definition) is 3. The van der Waals surface area contributed by atoms with E-state index < -0.39 is 0 Å². The molecule has 0 unspecified atom stereocenters. The lowest BCUT2D eigenvalue weighted by Crippen LogP contribution is -2.43. The Morgan fingerprint density at radius 3 is 2.62 bits per heavy atom. The number of benzene rings is 1. The molecule has 0 heterocycles. The zero-order valence-electron chi connectivity index (χ0n) is 16.1. The van der Waals surface area contributed by atoms with Crippen LogP contribution in [-0.4, -0.2) is 36.5 Å². The topological polar surface area (TPSA) is 65.5 Å². The zero-order valence-corrected chi connectivity index (χ0v) is 19.2. The molecular weight excluding hydrogens is 459 g/mol. The summed E-state index contributed by atoms with van der Waals surface area (Å²) in [6, 6.07) is 7.97. The number of halogens is 1. The van der Waals surface area contributed by atoms with E-state index in [9.17, 15) is 4.79 Å². The van der Waals surface area contributed by atoms with Gasteiger partial charge < -0.3 is 16.0 Å². The van der Waals surface area contributed by atoms with Gasteiger partial charge in [-0.1, -0.05) is 18.6 Å². The van der Waals surface area contributed by atoms with Crippen molar-refractivity contribution in [3.63, 3.8) is 0 Å². The maximum absolute atomic E-state index is 12.1. The van der Waals surface area contributed by atoms with Crippen molar-refractivity contribution in [3.8, 4) is 0 Å². The van der Waals surface area contributed by atoms with Crippen LogP contribution in [0, 0.1) is 5.92 Å². The highest BCUT2D eigenvalue weighted by Gasteiger charge is 2.25. The van der Waals surface area contributed by atoms with E-state index >= 15 is 0 Å². The average molecular weight is 490 g/mol. The first-order valence-corrected chi connectivity index (χ1v) is 10.1. The Labute approximate surface area is 178 Å². The molecule has 1 aromatic carbocycles. The summed E-state index contributed by atoms with van der Waals surface area (Å²) in [6.07, 6.45) is 5.31. The van der Waals surface area contributed by atoms with Gasteiger partial charge in [0, 0.05) is 36.5 Å². The van der Waals surface area contributed by atoms with E-state index in [1.807, 2.05) is 36.0 Å². The number of carbonyl (C=O) groups is 1. The van der Waals surface area contributed by atoms with E-state index in [-0.39, 0.29) is 40.5 Å². The highest BCUT2D eigenvalue weighted by molar-refractivity contribution is 14.0. The summed E-state index contributed by atoms with van der Waals surface area (Å²) in [7, 11) is 1.77. The quantitative estimate of drug-likeness (QED) is 0.309. The second-order valence-electron chi connectivity index (χ2n) is 7.06. The van der Waals surface area contributed by atoms with E-state index in [0.29, 0.717) is 6.54 Å². The van der Waals surface area contributed by atoms with Crippen LogP contribution in [-0.2, 0) is 11.3 Å². The molecule has 1 fully saturated rings. The van der Waals surface area contributed by atoms with E-state index in [1.54, 1.807) is 7.05 Å². The molecule has 2 rings (SSSR count). The smallest absolute Gasteiger partial charge is 0.227 e. The molecule has 5 nitrogen and oxygen atoms in total. The van der Waals surface area contributed by atoms with Gasteiger partial charge in [0.05, 0.1) is 0 Å². The second-order valence-corrected chi connectivity index (χ2v) is 8.57. The van der Waals surface area contributed by atoms with Crippen molar-refractivity contribution in [1.29, 1.82) is 0 Å². The monoisotopic (exact) mass is 490 g/mol. The highest BCUT2D eigenvalue weighted by atomic mass is 127. The highest BCUT2D eigenvalue weighted by Crippen LogP contribution is 2.27. The number of guanidine groups is 1. The SMILES string of the molecule is CN=C(NCc1cccc(NC(=O)C2CCC2)c1)NCC(C)(C)SC.I. The minimum Gasteiger partial charge on any atom is -0.355 e. The lowest BCUT2D eigenvalue weighted by atomic mass is 9.85. The van der Waals surface area contributed by atoms with E-state index in [0.717, 1.165) is 36.6 Å². The van der Waals surface area contributed by atoms with Crippen molar-refractivity contribution in [1.82, 2.24) is 10.6 Å². The predicted molar refractivity (Wildman–Crippen MR) is 124 cm³/mol. The van der Waals surface area contributed by atoms with Crippen molar-refractivity contribution in [2.75, 3.05) is 25.2 Å². The van der Waals surface area contributed by atoms with Crippen molar-refractivity contribution in [2.24, 2.45) is 10.9 Å². The number of carbonyl (C=O) groups excluding carboxylic acids is 1. The van der Waals surface area contributed by atoms with Gasteiger partial charge in [-0.05, 0) is 50.6 Å². The van der Waals surface area contributed by atoms with Crippen LogP contribution in [0.25, 0.3) is 0 Å². The minimum absolute atomic E-state index is 0. The van der Waals surface area contributed by atoms with Crippen LogP contribution in [0.4, 0.5) is 5.69 Å². The van der Waals surface area contributed by atoms with Crippen LogP contribution in [0.2, 0.25) is 0 Å². The molecule has 26 heavy (non-hydrogen) atoms. The van der Waals surface area contributed by atoms with Crippen LogP contribution in [0.15, 0.2) is 29.3 Å². The van der Waals surface area contributed by atoms with Crippen LogP contribution >= 0.6 is 35.7 Å². The second kappa shape index (κ2) is 11.0. The molecule has 0 saturated heterocycles. The number of nitrogens with one attached hydrogen (secondary N) is 3. The summed E-state index contributed by atoms with van der Waals surface area (Å²) in [6.45, 7) is 5.90. The summed E-state index contributed by atoms with van der Waals surface area (Å²) in [5, 5.41) is 9.70. The summed E-state index contributed by atoms with van der Waals surface area (Å²) in [5.41, 5.74) is 1.97. The Morgan fingerprint density at radius 2 is 2.04 bits per heavy atom. The third-order valence-electron chi connectivity index (χ3n) is 4.59. The van der Waals surface area contributed by atoms with Crippen molar-refractivity contribution < 1.29 is 4.79 Å². The largest absolute Gasteiger partial charge is 0.355 e. The standard InChI is InChI=1S/C19H30N4OS.HI/c1-19(2,25-4)13-22-18(20-3)21-12-14-7-5-10-16(11-14)23-17(24)15-8-6-9-15;/h5,7,10-11,15H,6,8-9,12-13H2,1-4H3,(H,23,24)(H2,20,21,22);1H. The van der Waals surface area contributed by atoms with Crippen molar-refractivity contribution in [2.45, 2.75) is 44.4 Å². The fourth-order valence-electron chi connectivity index (χ4n) is 2.45. The molecule has 1 aliphatic rings. The molecular formula is C19H31IN4OS. The van der Waals surface area contributed by atoms with Crippen LogP contribution in [0.5, 0.6) is 0 Å². The van der Waals surface area contributed by atoms with E-state index in [1.165, 1.54) is 6.42 Å². The molecule has 1 aliphatic carbocycles. The van der Waals surface area contributed by atoms with Gasteiger partial charge in [-0.15, -0.1) is 24.0 Å². The molecule has 1 aromatic rings. The summed E-state index contributed by atoms with van der Waals surface area (Å²) < 4.78 is 0.156. The lowest BCUT2D eigenvalue weighted by Gasteiger charge is -2.24. The van der Waals surface area contributed by atoms with Gasteiger partial charge in [-0.25, -0.2) is 0 Å². The van der Waals surface area contributed by atoms with Gasteiger partial charge >= 0.3 is 0 Å². The number of hydrogen-bond donors (Lipinski definition) is 3. The fraction of sp³-hybridized carbons (Fsp3) is 0.579. The van der Waals surface area contributed by atoms with Gasteiger partial charge in [0.25, 0.3) is 0 Å². The molecule has 1 saturated carbocycles. The summed E-state index contributed by atoms with van der Waals surface area (Å²) in [5.74, 6) is 1.13. The first kappa shape index (κ1) is 23.1. The van der Waals surface area contributed by atoms with E-state index in [2.05, 4.69) is 41.0 Å². The molecule has 1 amide bonds. The number of amides is 1. The number of anilines is 1. The fourth-order valence-corrected chi connectivity index (χ4v) is 2.67. The molecule has 7 heteroatoms. The van der Waals surface area contributed by atoms with Gasteiger partial charge in [0.15, 0.2) is 5.96 Å². The number of nitrogens with zero attached hydrogens (tertiary/aromatic N) is 1. The van der Waals surface area contributed by atoms with Crippen molar-refractivity contribution >= 4 is 53.3 Å². The first-order chi connectivity index (χ1) is 11.9. The van der Waals surface area contributed by atoms with Crippen molar-refractivity contribution in [3.05, 3.63) is 29.8 Å². The van der Waals surface area contributed by atoms with Crippen LogP contribution in [0.1, 0.15) is 38.7 Å². The Bertz CT molecular complexity index is 617. The molecule has 146 valence electrons. The van der Waals surface area contributed by atoms with Gasteiger partial charge in [0.2, 0.25) is 5.91 Å². The maximum atomic E-state index is 12.1. The summed E-state index contributed by atoms with van der Waals surface area (Å²) in [4.78, 5) is 16.3. The Hall–Kier alpha value is -0.960. The molecule has 0 aromatic heterocycles. The third kappa shape index (κ3) is 7.34. The molecule has 0 bridgehead atoms. The lowest BCUT2D eigenvalue weighted by molar-refractivity contribution is -0.122. The first-order valence-electron chi connectivity index (χ1n) is 8.83. The molecule has 0 aliphatic heterocycles. The van der Waals surface area contributed by atoms with Gasteiger partial charge in [0.1, 0.15) is 0 Å². The molecule has 0 radical (unpaired) electrons. The number of rotatable bonds is 7. The van der Waals surface area contributed by atoms with Gasteiger partial charge in [-0.3, -0.25) is 9.79 Å². The molecule has 0 spiro atoms. The zero-order chi connectivity index (χ0) is 18.3. The molecule has 3 N–H and O–H groups in total. The number of aliphatic imine (C=N–C) groups is 1. The maximum Gasteiger partial charge on any atom is 0.227 e. The average Bonchev–Trinajstić information content (AvgIpc) is 2.53. The normalized spacial score (nSPS) is 14.8. The minimum atomic E-state index is 0. The Balaban J connectivity index is 0.00000338. The molecule has 0 atom stereocenters. The van der Waals surface area contributed by atoms with Gasteiger partial charge in [-0.2, -0.15) is 11.8 Å². The van der Waals surface area contributed by atoms with E-state index in [4.69, 9.17) is 0 Å². The number of thioether (sulfide) groups is 1. The van der Waals surface area contributed by atoms with Crippen LogP contribution < -0.4 is 16.0 Å². The third-order valence-corrected chi connectivity index (χ3v) is 5.84.